The van der Waals surface area contributed by atoms with E-state index in [4.69, 9.17) is 10.5 Å². The molecule has 0 aromatic heterocycles. The minimum Gasteiger partial charge on any atom is -0.381 e. The fraction of sp³-hybridized carbons (Fsp3) is 0.923. The molecule has 0 spiro atoms. The van der Waals surface area contributed by atoms with Crippen molar-refractivity contribution in [2.24, 2.45) is 17.1 Å². The van der Waals surface area contributed by atoms with E-state index in [9.17, 15) is 4.79 Å². The lowest BCUT2D eigenvalue weighted by Crippen LogP contribution is -2.46. The quantitative estimate of drug-likeness (QED) is 0.817. The van der Waals surface area contributed by atoms with Crippen LogP contribution in [0.3, 0.4) is 0 Å². The molecule has 106 valence electrons. The van der Waals surface area contributed by atoms with Gasteiger partial charge in [-0.2, -0.15) is 0 Å². The SMILES string of the molecule is Cl.NCC1(C(=O)NCC2CCCOC2)CCCC1. The van der Waals surface area contributed by atoms with Gasteiger partial charge in [0.25, 0.3) is 0 Å². The Morgan fingerprint density at radius 1 is 1.33 bits per heavy atom. The molecule has 1 aliphatic carbocycles. The molecule has 1 heterocycles. The Kier molecular flexibility index (Phi) is 6.39. The van der Waals surface area contributed by atoms with Gasteiger partial charge in [0.1, 0.15) is 0 Å². The Morgan fingerprint density at radius 2 is 2.06 bits per heavy atom. The first-order valence-corrected chi connectivity index (χ1v) is 6.83. The van der Waals surface area contributed by atoms with Gasteiger partial charge in [0.2, 0.25) is 5.91 Å². The van der Waals surface area contributed by atoms with Gasteiger partial charge in [-0.3, -0.25) is 4.79 Å². The summed E-state index contributed by atoms with van der Waals surface area (Å²) < 4.78 is 5.42. The van der Waals surface area contributed by atoms with Crippen LogP contribution in [0.25, 0.3) is 0 Å². The van der Waals surface area contributed by atoms with Gasteiger partial charge in [-0.15, -0.1) is 12.4 Å². The zero-order valence-corrected chi connectivity index (χ0v) is 11.8. The number of carbonyl (C=O) groups is 1. The summed E-state index contributed by atoms with van der Waals surface area (Å²) in [5.74, 6) is 0.659. The Balaban J connectivity index is 0.00000162. The van der Waals surface area contributed by atoms with Crippen LogP contribution in [-0.4, -0.2) is 32.2 Å². The van der Waals surface area contributed by atoms with Crippen LogP contribution in [0, 0.1) is 11.3 Å². The zero-order chi connectivity index (χ0) is 12.1. The van der Waals surface area contributed by atoms with Crippen molar-refractivity contribution in [2.45, 2.75) is 38.5 Å². The smallest absolute Gasteiger partial charge is 0.227 e. The highest BCUT2D eigenvalue weighted by Gasteiger charge is 2.39. The van der Waals surface area contributed by atoms with Gasteiger partial charge in [0, 0.05) is 19.7 Å². The van der Waals surface area contributed by atoms with Gasteiger partial charge in [0.15, 0.2) is 0 Å². The van der Waals surface area contributed by atoms with Gasteiger partial charge < -0.3 is 15.8 Å². The largest absolute Gasteiger partial charge is 0.381 e. The van der Waals surface area contributed by atoms with E-state index in [0.29, 0.717) is 12.5 Å². The Morgan fingerprint density at radius 3 is 2.61 bits per heavy atom. The maximum absolute atomic E-state index is 12.2. The summed E-state index contributed by atoms with van der Waals surface area (Å²) >= 11 is 0. The lowest BCUT2D eigenvalue weighted by Gasteiger charge is -2.28. The number of hydrogen-bond acceptors (Lipinski definition) is 3. The fourth-order valence-electron chi connectivity index (χ4n) is 2.97. The summed E-state index contributed by atoms with van der Waals surface area (Å²) in [4.78, 5) is 12.2. The lowest BCUT2D eigenvalue weighted by atomic mass is 9.85. The molecule has 0 bridgehead atoms. The molecule has 2 rings (SSSR count). The van der Waals surface area contributed by atoms with Gasteiger partial charge in [-0.1, -0.05) is 12.8 Å². The predicted octanol–water partition coefficient (Wildman–Crippen LogP) is 1.47. The predicted molar refractivity (Wildman–Crippen MR) is 73.8 cm³/mol. The number of ether oxygens (including phenoxy) is 1. The lowest BCUT2D eigenvalue weighted by molar-refractivity contribution is -0.130. The monoisotopic (exact) mass is 276 g/mol. The van der Waals surface area contributed by atoms with Gasteiger partial charge in [-0.25, -0.2) is 0 Å². The molecule has 0 aromatic rings. The Labute approximate surface area is 115 Å². The van der Waals surface area contributed by atoms with Crippen molar-refractivity contribution in [1.82, 2.24) is 5.32 Å². The van der Waals surface area contributed by atoms with Crippen molar-refractivity contribution in [1.29, 1.82) is 0 Å². The van der Waals surface area contributed by atoms with E-state index in [1.54, 1.807) is 0 Å². The van der Waals surface area contributed by atoms with E-state index in [0.717, 1.165) is 58.3 Å². The van der Waals surface area contributed by atoms with E-state index in [2.05, 4.69) is 5.32 Å². The third kappa shape index (κ3) is 3.59. The molecule has 4 nitrogen and oxygen atoms in total. The fourth-order valence-corrected chi connectivity index (χ4v) is 2.97. The summed E-state index contributed by atoms with van der Waals surface area (Å²) in [7, 11) is 0. The number of amides is 1. The van der Waals surface area contributed by atoms with Crippen LogP contribution in [0.2, 0.25) is 0 Å². The van der Waals surface area contributed by atoms with E-state index in [1.807, 2.05) is 0 Å². The summed E-state index contributed by atoms with van der Waals surface area (Å²) in [5, 5.41) is 3.09. The summed E-state index contributed by atoms with van der Waals surface area (Å²) in [6.07, 6.45) is 6.46. The van der Waals surface area contributed by atoms with Crippen molar-refractivity contribution >= 4 is 18.3 Å². The summed E-state index contributed by atoms with van der Waals surface area (Å²) in [5.41, 5.74) is 5.52. The molecular formula is C13H25ClN2O2. The number of carbonyl (C=O) groups excluding carboxylic acids is 1. The molecule has 3 N–H and O–H groups in total. The average Bonchev–Trinajstić information content (AvgIpc) is 2.87. The number of nitrogens with two attached hydrogens (primary N) is 1. The van der Waals surface area contributed by atoms with Crippen LogP contribution in [0.1, 0.15) is 38.5 Å². The third-order valence-corrected chi connectivity index (χ3v) is 4.24. The topological polar surface area (TPSA) is 64.4 Å². The van der Waals surface area contributed by atoms with Crippen LogP contribution in [0.5, 0.6) is 0 Å². The van der Waals surface area contributed by atoms with Crippen LogP contribution < -0.4 is 11.1 Å². The number of hydrogen-bond donors (Lipinski definition) is 2. The maximum atomic E-state index is 12.2. The van der Waals surface area contributed by atoms with Crippen LogP contribution in [-0.2, 0) is 9.53 Å². The number of halogens is 1. The van der Waals surface area contributed by atoms with Gasteiger partial charge in [-0.05, 0) is 31.6 Å². The normalized spacial score (nSPS) is 26.4. The highest BCUT2D eigenvalue weighted by Crippen LogP contribution is 2.37. The average molecular weight is 277 g/mol. The van der Waals surface area contributed by atoms with Gasteiger partial charge >= 0.3 is 0 Å². The number of rotatable bonds is 4. The van der Waals surface area contributed by atoms with Crippen LogP contribution in [0.4, 0.5) is 0 Å². The van der Waals surface area contributed by atoms with E-state index in [-0.39, 0.29) is 23.7 Å². The van der Waals surface area contributed by atoms with Crippen molar-refractivity contribution in [3.8, 4) is 0 Å². The number of nitrogens with one attached hydrogen (secondary N) is 1. The molecule has 5 heteroatoms. The van der Waals surface area contributed by atoms with Crippen LogP contribution in [0.15, 0.2) is 0 Å². The highest BCUT2D eigenvalue weighted by atomic mass is 35.5. The van der Waals surface area contributed by atoms with E-state index in [1.165, 1.54) is 0 Å². The summed E-state index contributed by atoms with van der Waals surface area (Å²) in [6.45, 7) is 2.90. The van der Waals surface area contributed by atoms with Crippen molar-refractivity contribution in [3.63, 3.8) is 0 Å². The third-order valence-electron chi connectivity index (χ3n) is 4.24. The molecule has 1 amide bonds. The standard InChI is InChI=1S/C13H24N2O2.ClH/c14-10-13(5-1-2-6-13)12(16)15-8-11-4-3-7-17-9-11;/h11H,1-10,14H2,(H,15,16);1H. The zero-order valence-electron chi connectivity index (χ0n) is 11.0. The molecule has 18 heavy (non-hydrogen) atoms. The van der Waals surface area contributed by atoms with E-state index < -0.39 is 0 Å². The molecular weight excluding hydrogens is 252 g/mol. The van der Waals surface area contributed by atoms with Crippen molar-refractivity contribution in [2.75, 3.05) is 26.3 Å². The molecule has 1 aliphatic heterocycles. The van der Waals surface area contributed by atoms with E-state index >= 15 is 0 Å². The molecule has 2 fully saturated rings. The molecule has 2 aliphatic rings. The Bertz CT molecular complexity index is 262. The minimum atomic E-state index is -0.268. The van der Waals surface area contributed by atoms with Crippen molar-refractivity contribution in [3.05, 3.63) is 0 Å². The second-order valence-electron chi connectivity index (χ2n) is 5.48. The Hall–Kier alpha value is -0.320. The first-order valence-electron chi connectivity index (χ1n) is 6.83. The second-order valence-corrected chi connectivity index (χ2v) is 5.48. The van der Waals surface area contributed by atoms with Gasteiger partial charge in [0.05, 0.1) is 12.0 Å². The highest BCUT2D eigenvalue weighted by molar-refractivity contribution is 5.85. The minimum absolute atomic E-state index is 0. The molecule has 1 saturated carbocycles. The molecule has 1 saturated heterocycles. The van der Waals surface area contributed by atoms with Crippen LogP contribution >= 0.6 is 12.4 Å². The summed E-state index contributed by atoms with van der Waals surface area (Å²) in [6, 6.07) is 0. The first kappa shape index (κ1) is 15.7. The maximum Gasteiger partial charge on any atom is 0.227 e. The molecule has 1 unspecified atom stereocenters. The molecule has 0 radical (unpaired) electrons. The van der Waals surface area contributed by atoms with Crippen molar-refractivity contribution < 1.29 is 9.53 Å². The molecule has 0 aromatic carbocycles. The first-order chi connectivity index (χ1) is 8.27. The second kappa shape index (κ2) is 7.31. The molecule has 1 atom stereocenters.